The molecule has 1 amide bonds. The second-order valence-corrected chi connectivity index (χ2v) is 5.44. The summed E-state index contributed by atoms with van der Waals surface area (Å²) < 4.78 is 12.0. The van der Waals surface area contributed by atoms with Crippen molar-refractivity contribution in [2.75, 3.05) is 11.9 Å². The molecule has 7 nitrogen and oxygen atoms in total. The van der Waals surface area contributed by atoms with Gasteiger partial charge in [-0.25, -0.2) is 0 Å². The average Bonchev–Trinajstić information content (AvgIpc) is 3.00. The summed E-state index contributed by atoms with van der Waals surface area (Å²) in [5.41, 5.74) is -0.134. The monoisotopic (exact) mass is 339 g/mol. The third-order valence-corrected chi connectivity index (χ3v) is 3.56. The normalized spacial score (nSPS) is 10.6. The van der Waals surface area contributed by atoms with Crippen molar-refractivity contribution in [2.45, 2.75) is 13.5 Å². The van der Waals surface area contributed by atoms with E-state index in [2.05, 4.69) is 17.1 Å². The number of carbonyl (C=O) groups is 1. The number of benzene rings is 1. The number of amides is 1. The third-order valence-electron chi connectivity index (χ3n) is 3.56. The van der Waals surface area contributed by atoms with Crippen LogP contribution in [0, 0.1) is 6.92 Å². The Bertz CT molecular complexity index is 987. The topological polar surface area (TPSA) is 86.4 Å². The predicted octanol–water partition coefficient (Wildman–Crippen LogP) is 2.50. The molecule has 0 radical (unpaired) electrons. The van der Waals surface area contributed by atoms with Gasteiger partial charge in [0.1, 0.15) is 11.5 Å². The predicted molar refractivity (Wildman–Crippen MR) is 93.8 cm³/mol. The molecular weight excluding hydrogens is 322 g/mol. The molecule has 0 aliphatic rings. The number of pyridine rings is 1. The molecule has 2 heterocycles. The summed E-state index contributed by atoms with van der Waals surface area (Å²) in [5, 5.41) is 7.43. The Morgan fingerprint density at radius 2 is 2.24 bits per heavy atom. The molecular formula is C18H17N3O4. The number of ether oxygens (including phenoxy) is 1. The van der Waals surface area contributed by atoms with Crippen LogP contribution in [0.1, 0.15) is 5.76 Å². The molecule has 25 heavy (non-hydrogen) atoms. The molecule has 0 saturated heterocycles. The summed E-state index contributed by atoms with van der Waals surface area (Å²) in [5.74, 6) is 1.02. The lowest BCUT2D eigenvalue weighted by Gasteiger charge is -2.10. The Kier molecular flexibility index (Phi) is 4.65. The number of aromatic nitrogens is 2. The van der Waals surface area contributed by atoms with Gasteiger partial charge in [-0.3, -0.25) is 9.59 Å². The Hall–Kier alpha value is -3.35. The third kappa shape index (κ3) is 3.60. The van der Waals surface area contributed by atoms with Crippen molar-refractivity contribution in [3.8, 4) is 5.75 Å². The van der Waals surface area contributed by atoms with Gasteiger partial charge in [0.2, 0.25) is 0 Å². The van der Waals surface area contributed by atoms with E-state index in [1.807, 2.05) is 0 Å². The summed E-state index contributed by atoms with van der Waals surface area (Å²) in [6, 6.07) is 8.55. The van der Waals surface area contributed by atoms with Gasteiger partial charge >= 0.3 is 0 Å². The number of hydrogen-bond donors (Lipinski definition) is 1. The minimum atomic E-state index is -0.370. The minimum absolute atomic E-state index is 0.134. The van der Waals surface area contributed by atoms with E-state index in [1.165, 1.54) is 0 Å². The number of fused-ring (bicyclic) bond motifs is 1. The lowest BCUT2D eigenvalue weighted by Crippen LogP contribution is -2.21. The van der Waals surface area contributed by atoms with E-state index >= 15 is 0 Å². The molecule has 0 saturated carbocycles. The zero-order chi connectivity index (χ0) is 17.8. The van der Waals surface area contributed by atoms with Crippen molar-refractivity contribution < 1.29 is 14.1 Å². The zero-order valence-corrected chi connectivity index (χ0v) is 13.7. The fraction of sp³-hybridized carbons (Fsp3) is 0.167. The number of nitrogens with zero attached hydrogens (tertiary/aromatic N) is 2. The molecule has 0 bridgehead atoms. The Balaban J connectivity index is 1.77. The largest absolute Gasteiger partial charge is 0.483 e. The molecule has 7 heteroatoms. The van der Waals surface area contributed by atoms with Gasteiger partial charge in [0.25, 0.3) is 11.5 Å². The molecule has 2 aromatic heterocycles. The smallest absolute Gasteiger partial charge is 0.263 e. The maximum atomic E-state index is 12.4. The first-order valence-electron chi connectivity index (χ1n) is 7.67. The highest BCUT2D eigenvalue weighted by Crippen LogP contribution is 2.23. The Labute approximate surface area is 143 Å². The molecule has 0 atom stereocenters. The molecule has 0 aliphatic carbocycles. The first kappa shape index (κ1) is 16.5. The SMILES string of the molecule is C=CCn1ccc2c(OCC(=O)Nc3cc(C)on3)cccc2c1=O. The fourth-order valence-corrected chi connectivity index (χ4v) is 2.45. The summed E-state index contributed by atoms with van der Waals surface area (Å²) >= 11 is 0. The van der Waals surface area contributed by atoms with Gasteiger partial charge in [-0.15, -0.1) is 6.58 Å². The van der Waals surface area contributed by atoms with Crippen LogP contribution in [0.15, 0.2) is 58.5 Å². The quantitative estimate of drug-likeness (QED) is 0.697. The summed E-state index contributed by atoms with van der Waals surface area (Å²) in [7, 11) is 0. The second kappa shape index (κ2) is 7.04. The molecule has 0 fully saturated rings. The minimum Gasteiger partial charge on any atom is -0.483 e. The van der Waals surface area contributed by atoms with Gasteiger partial charge in [-0.05, 0) is 25.1 Å². The number of hydrogen-bond acceptors (Lipinski definition) is 5. The summed E-state index contributed by atoms with van der Waals surface area (Å²) in [4.78, 5) is 24.4. The van der Waals surface area contributed by atoms with E-state index in [0.29, 0.717) is 34.6 Å². The highest BCUT2D eigenvalue weighted by molar-refractivity contribution is 5.92. The second-order valence-electron chi connectivity index (χ2n) is 5.44. The van der Waals surface area contributed by atoms with Crippen LogP contribution in [0.3, 0.4) is 0 Å². The number of allylic oxidation sites excluding steroid dienone is 1. The van der Waals surface area contributed by atoms with E-state index in [1.54, 1.807) is 54.1 Å². The van der Waals surface area contributed by atoms with Gasteiger partial charge in [0.05, 0.1) is 5.39 Å². The summed E-state index contributed by atoms with van der Waals surface area (Å²) in [6.07, 6.45) is 3.33. The Morgan fingerprint density at radius 3 is 2.96 bits per heavy atom. The number of aryl methyl sites for hydroxylation is 1. The highest BCUT2D eigenvalue weighted by atomic mass is 16.5. The van der Waals surface area contributed by atoms with Crippen molar-refractivity contribution in [2.24, 2.45) is 0 Å². The molecule has 128 valence electrons. The average molecular weight is 339 g/mol. The van der Waals surface area contributed by atoms with Gasteiger partial charge in [0.15, 0.2) is 12.4 Å². The van der Waals surface area contributed by atoms with Crippen LogP contribution in [0.4, 0.5) is 5.82 Å². The van der Waals surface area contributed by atoms with E-state index in [0.717, 1.165) is 0 Å². The standard InChI is InChI=1S/C18H17N3O4/c1-3-8-21-9-7-13-14(18(21)23)5-4-6-15(13)24-11-17(22)19-16-10-12(2)25-20-16/h3-7,9-10H,1,8,11H2,2H3,(H,19,20,22). The first-order chi connectivity index (χ1) is 12.1. The van der Waals surface area contributed by atoms with E-state index < -0.39 is 0 Å². The number of carbonyl (C=O) groups excluding carboxylic acids is 1. The van der Waals surface area contributed by atoms with E-state index in [-0.39, 0.29) is 18.1 Å². The van der Waals surface area contributed by atoms with Gasteiger partial charge < -0.3 is 19.1 Å². The van der Waals surface area contributed by atoms with Crippen LogP contribution in [0.2, 0.25) is 0 Å². The molecule has 0 spiro atoms. The van der Waals surface area contributed by atoms with Crippen LogP contribution in [0.5, 0.6) is 5.75 Å². The summed E-state index contributed by atoms with van der Waals surface area (Å²) in [6.45, 7) is 5.59. The van der Waals surface area contributed by atoms with Crippen LogP contribution >= 0.6 is 0 Å². The molecule has 3 rings (SSSR count). The van der Waals surface area contributed by atoms with Crippen LogP contribution in [-0.2, 0) is 11.3 Å². The van der Waals surface area contributed by atoms with Gasteiger partial charge in [-0.2, -0.15) is 0 Å². The Morgan fingerprint density at radius 1 is 1.40 bits per heavy atom. The molecule has 0 unspecified atom stereocenters. The number of anilines is 1. The van der Waals surface area contributed by atoms with Crippen molar-refractivity contribution in [3.63, 3.8) is 0 Å². The lowest BCUT2D eigenvalue weighted by atomic mass is 10.1. The molecule has 1 aromatic carbocycles. The van der Waals surface area contributed by atoms with Crippen molar-refractivity contribution in [1.82, 2.24) is 9.72 Å². The highest BCUT2D eigenvalue weighted by Gasteiger charge is 2.10. The maximum Gasteiger partial charge on any atom is 0.263 e. The van der Waals surface area contributed by atoms with Crippen molar-refractivity contribution in [1.29, 1.82) is 0 Å². The molecule has 1 N–H and O–H groups in total. The zero-order valence-electron chi connectivity index (χ0n) is 13.7. The number of rotatable bonds is 6. The molecule has 0 aliphatic heterocycles. The maximum absolute atomic E-state index is 12.4. The fourth-order valence-electron chi connectivity index (χ4n) is 2.45. The van der Waals surface area contributed by atoms with Crippen LogP contribution < -0.4 is 15.6 Å². The van der Waals surface area contributed by atoms with Gasteiger partial charge in [-0.1, -0.05) is 17.3 Å². The van der Waals surface area contributed by atoms with Crippen molar-refractivity contribution in [3.05, 3.63) is 65.3 Å². The van der Waals surface area contributed by atoms with E-state index in [4.69, 9.17) is 9.26 Å². The lowest BCUT2D eigenvalue weighted by molar-refractivity contribution is -0.118. The van der Waals surface area contributed by atoms with E-state index in [9.17, 15) is 9.59 Å². The van der Waals surface area contributed by atoms with Crippen LogP contribution in [-0.4, -0.2) is 22.2 Å². The first-order valence-corrected chi connectivity index (χ1v) is 7.67. The van der Waals surface area contributed by atoms with Crippen LogP contribution in [0.25, 0.3) is 10.8 Å². The van der Waals surface area contributed by atoms with Crippen molar-refractivity contribution >= 4 is 22.5 Å². The molecule has 3 aromatic rings. The number of nitrogens with one attached hydrogen (secondary N) is 1. The van der Waals surface area contributed by atoms with Gasteiger partial charge in [0, 0.05) is 24.2 Å².